The Balaban J connectivity index is 1.81. The highest BCUT2D eigenvalue weighted by atomic mass is 16.5. The minimum Gasteiger partial charge on any atom is -0.496 e. The highest BCUT2D eigenvalue weighted by Crippen LogP contribution is 2.39. The van der Waals surface area contributed by atoms with Crippen LogP contribution in [0, 0.1) is 13.8 Å². The lowest BCUT2D eigenvalue weighted by molar-refractivity contribution is -0.120. The van der Waals surface area contributed by atoms with E-state index in [1.54, 1.807) is 13.2 Å². The maximum absolute atomic E-state index is 13.8. The predicted molar refractivity (Wildman–Crippen MR) is 123 cm³/mol. The summed E-state index contributed by atoms with van der Waals surface area (Å²) < 4.78 is 5.54. The predicted octanol–water partition coefficient (Wildman–Crippen LogP) is 2.21. The van der Waals surface area contributed by atoms with E-state index in [0.29, 0.717) is 61.0 Å². The third kappa shape index (κ3) is 3.78. The zero-order chi connectivity index (χ0) is 22.8. The van der Waals surface area contributed by atoms with E-state index in [2.05, 4.69) is 4.90 Å². The monoisotopic (exact) mass is 435 g/mol. The van der Waals surface area contributed by atoms with E-state index in [1.807, 2.05) is 55.1 Å². The molecular weight excluding hydrogens is 406 g/mol. The number of hydrogen-bond donors (Lipinski definition) is 1. The second-order valence-corrected chi connectivity index (χ2v) is 8.14. The number of imide groups is 1. The maximum Gasteiger partial charge on any atom is 0.282 e. The van der Waals surface area contributed by atoms with Crippen LogP contribution < -0.4 is 9.64 Å². The molecule has 0 atom stereocenters. The number of anilines is 1. The largest absolute Gasteiger partial charge is 0.496 e. The Morgan fingerprint density at radius 2 is 1.66 bits per heavy atom. The number of aliphatic hydroxyl groups excluding tert-OH is 1. The van der Waals surface area contributed by atoms with Crippen molar-refractivity contribution < 1.29 is 19.4 Å². The molecule has 2 aliphatic heterocycles. The fraction of sp³-hybridized carbons (Fsp3) is 0.360. The van der Waals surface area contributed by atoms with E-state index < -0.39 is 0 Å². The van der Waals surface area contributed by atoms with E-state index in [4.69, 9.17) is 4.74 Å². The van der Waals surface area contributed by atoms with Crippen LogP contribution in [0.15, 0.2) is 48.2 Å². The number of aliphatic hydroxyl groups is 1. The molecule has 0 saturated carbocycles. The summed E-state index contributed by atoms with van der Waals surface area (Å²) in [7, 11) is 1.57. The van der Waals surface area contributed by atoms with Gasteiger partial charge in [0.05, 0.1) is 25.0 Å². The van der Waals surface area contributed by atoms with E-state index in [0.717, 1.165) is 11.1 Å². The number of benzene rings is 2. The zero-order valence-corrected chi connectivity index (χ0v) is 18.8. The molecule has 2 amide bonds. The Hall–Kier alpha value is -3.16. The Morgan fingerprint density at radius 1 is 0.938 bits per heavy atom. The van der Waals surface area contributed by atoms with Gasteiger partial charge in [-0.25, -0.2) is 4.90 Å². The first-order chi connectivity index (χ1) is 15.5. The number of nitrogens with zero attached hydrogens (tertiary/aromatic N) is 3. The van der Waals surface area contributed by atoms with Crippen LogP contribution in [0.4, 0.5) is 5.69 Å². The number of methoxy groups -OCH3 is 1. The molecule has 7 nitrogen and oxygen atoms in total. The van der Waals surface area contributed by atoms with Gasteiger partial charge in [-0.3, -0.25) is 14.5 Å². The van der Waals surface area contributed by atoms with Crippen LogP contribution in [0.2, 0.25) is 0 Å². The molecule has 32 heavy (non-hydrogen) atoms. The summed E-state index contributed by atoms with van der Waals surface area (Å²) in [5.41, 5.74) is 3.96. The van der Waals surface area contributed by atoms with Gasteiger partial charge in [-0.05, 0) is 37.1 Å². The minimum absolute atomic E-state index is 0.104. The average molecular weight is 436 g/mol. The first kappa shape index (κ1) is 22.0. The molecule has 0 aromatic heterocycles. The minimum atomic E-state index is -0.332. The molecule has 0 unspecified atom stereocenters. The fourth-order valence-corrected chi connectivity index (χ4v) is 4.44. The number of rotatable bonds is 6. The van der Waals surface area contributed by atoms with Crippen molar-refractivity contribution >= 4 is 23.1 Å². The molecule has 2 aliphatic rings. The smallest absolute Gasteiger partial charge is 0.282 e. The van der Waals surface area contributed by atoms with Gasteiger partial charge in [0.1, 0.15) is 11.4 Å². The van der Waals surface area contributed by atoms with E-state index >= 15 is 0 Å². The number of para-hydroxylation sites is 1. The third-order valence-electron chi connectivity index (χ3n) is 6.36. The van der Waals surface area contributed by atoms with Gasteiger partial charge < -0.3 is 14.7 Å². The molecule has 0 radical (unpaired) electrons. The van der Waals surface area contributed by atoms with Crippen molar-refractivity contribution in [3.05, 3.63) is 64.9 Å². The number of ether oxygens (including phenoxy) is 1. The molecule has 1 saturated heterocycles. The third-order valence-corrected chi connectivity index (χ3v) is 6.36. The summed E-state index contributed by atoms with van der Waals surface area (Å²) >= 11 is 0. The molecule has 4 rings (SSSR count). The number of amides is 2. The molecule has 1 N–H and O–H groups in total. The van der Waals surface area contributed by atoms with Gasteiger partial charge in [0, 0.05) is 38.3 Å². The SMILES string of the molecule is COc1ccccc1C1=C(N2CCN(CCO)CC2)C(=O)N(c2cccc(C)c2C)C1=O. The Morgan fingerprint density at radius 3 is 2.34 bits per heavy atom. The van der Waals surface area contributed by atoms with Crippen LogP contribution in [0.25, 0.3) is 5.57 Å². The highest BCUT2D eigenvalue weighted by Gasteiger charge is 2.44. The second-order valence-electron chi connectivity index (χ2n) is 8.14. The Bertz CT molecular complexity index is 1070. The number of hydrogen-bond acceptors (Lipinski definition) is 6. The number of piperazine rings is 1. The van der Waals surface area contributed by atoms with Crippen molar-refractivity contribution in [2.75, 3.05) is 51.3 Å². The van der Waals surface area contributed by atoms with E-state index in [-0.39, 0.29) is 18.4 Å². The molecule has 2 aromatic carbocycles. The summed E-state index contributed by atoms with van der Waals surface area (Å²) in [6.07, 6.45) is 0. The van der Waals surface area contributed by atoms with Gasteiger partial charge >= 0.3 is 0 Å². The first-order valence-corrected chi connectivity index (χ1v) is 10.9. The molecule has 1 fully saturated rings. The summed E-state index contributed by atoms with van der Waals surface area (Å²) in [4.78, 5) is 33.0. The standard InChI is InChI=1S/C25H29N3O4/c1-17-7-6-9-20(18(17)2)28-24(30)22(19-8-4-5-10-21(19)32-3)23(25(28)31)27-13-11-26(12-14-27)15-16-29/h4-10,29H,11-16H2,1-3H3. The van der Waals surface area contributed by atoms with Crippen molar-refractivity contribution in [2.45, 2.75) is 13.8 Å². The maximum atomic E-state index is 13.8. The van der Waals surface area contributed by atoms with Crippen LogP contribution in [-0.2, 0) is 9.59 Å². The van der Waals surface area contributed by atoms with Crippen molar-refractivity contribution in [2.24, 2.45) is 0 Å². The number of carbonyl (C=O) groups excluding carboxylic acids is 2. The van der Waals surface area contributed by atoms with Crippen LogP contribution in [-0.4, -0.2) is 73.2 Å². The van der Waals surface area contributed by atoms with Gasteiger partial charge in [-0.2, -0.15) is 0 Å². The van der Waals surface area contributed by atoms with E-state index in [9.17, 15) is 14.7 Å². The van der Waals surface area contributed by atoms with Gasteiger partial charge in [0.25, 0.3) is 11.8 Å². The topological polar surface area (TPSA) is 73.3 Å². The van der Waals surface area contributed by atoms with Gasteiger partial charge in [-0.15, -0.1) is 0 Å². The lowest BCUT2D eigenvalue weighted by Crippen LogP contribution is -2.48. The summed E-state index contributed by atoms with van der Waals surface area (Å²) in [5.74, 6) is -0.0796. The van der Waals surface area contributed by atoms with Crippen LogP contribution in [0.3, 0.4) is 0 Å². The molecule has 168 valence electrons. The Labute approximate surface area is 188 Å². The lowest BCUT2D eigenvalue weighted by Gasteiger charge is -2.36. The van der Waals surface area contributed by atoms with Gasteiger partial charge in [-0.1, -0.05) is 30.3 Å². The molecular formula is C25H29N3O4. The van der Waals surface area contributed by atoms with Crippen molar-refractivity contribution in [1.29, 1.82) is 0 Å². The quantitative estimate of drug-likeness (QED) is 0.702. The first-order valence-electron chi connectivity index (χ1n) is 10.9. The van der Waals surface area contributed by atoms with Crippen LogP contribution in [0.5, 0.6) is 5.75 Å². The van der Waals surface area contributed by atoms with Crippen molar-refractivity contribution in [1.82, 2.24) is 9.80 Å². The lowest BCUT2D eigenvalue weighted by atomic mass is 10.0. The zero-order valence-electron chi connectivity index (χ0n) is 18.8. The van der Waals surface area contributed by atoms with Crippen molar-refractivity contribution in [3.8, 4) is 5.75 Å². The van der Waals surface area contributed by atoms with Gasteiger partial charge in [0.15, 0.2) is 0 Å². The second kappa shape index (κ2) is 9.14. The number of aryl methyl sites for hydroxylation is 1. The molecule has 7 heteroatoms. The normalized spacial score (nSPS) is 17.5. The number of carbonyl (C=O) groups is 2. The molecule has 2 heterocycles. The summed E-state index contributed by atoms with van der Waals surface area (Å²) in [6.45, 7) is 7.25. The molecule has 0 spiro atoms. The van der Waals surface area contributed by atoms with Crippen LogP contribution in [0.1, 0.15) is 16.7 Å². The molecule has 0 bridgehead atoms. The fourth-order valence-electron chi connectivity index (χ4n) is 4.44. The Kier molecular flexibility index (Phi) is 6.30. The number of β-amino-alcohol motifs (C(OH)–C–C–N with tert-alkyl or cyclic N) is 1. The molecule has 0 aliphatic carbocycles. The average Bonchev–Trinajstić information content (AvgIpc) is 3.06. The van der Waals surface area contributed by atoms with Crippen molar-refractivity contribution in [3.63, 3.8) is 0 Å². The van der Waals surface area contributed by atoms with Gasteiger partial charge in [0.2, 0.25) is 0 Å². The molecule has 2 aromatic rings. The van der Waals surface area contributed by atoms with Crippen LogP contribution >= 0.6 is 0 Å². The summed E-state index contributed by atoms with van der Waals surface area (Å²) in [6, 6.07) is 13.0. The van der Waals surface area contributed by atoms with E-state index in [1.165, 1.54) is 4.90 Å². The summed E-state index contributed by atoms with van der Waals surface area (Å²) in [5, 5.41) is 9.25. The highest BCUT2D eigenvalue weighted by molar-refractivity contribution is 6.45.